The first-order chi connectivity index (χ1) is 8.82. The molecular formula is C12H20F3NO3. The highest BCUT2D eigenvalue weighted by Gasteiger charge is 2.42. The van der Waals surface area contributed by atoms with E-state index in [4.69, 9.17) is 0 Å². The number of rotatable bonds is 8. The van der Waals surface area contributed by atoms with Crippen LogP contribution in [0.15, 0.2) is 0 Å². The van der Waals surface area contributed by atoms with E-state index in [1.807, 2.05) is 6.92 Å². The molecule has 0 fully saturated rings. The van der Waals surface area contributed by atoms with Gasteiger partial charge in [-0.15, -0.1) is 0 Å². The summed E-state index contributed by atoms with van der Waals surface area (Å²) >= 11 is 0. The van der Waals surface area contributed by atoms with Crippen molar-refractivity contribution in [1.29, 1.82) is 0 Å². The van der Waals surface area contributed by atoms with Crippen molar-refractivity contribution in [3.05, 3.63) is 0 Å². The maximum atomic E-state index is 12.4. The maximum Gasteiger partial charge on any atom is 0.471 e. The lowest BCUT2D eigenvalue weighted by molar-refractivity contribution is -0.185. The molecular weight excluding hydrogens is 263 g/mol. The molecule has 0 aromatic rings. The van der Waals surface area contributed by atoms with Gasteiger partial charge in [0.25, 0.3) is 0 Å². The van der Waals surface area contributed by atoms with Gasteiger partial charge in [-0.3, -0.25) is 9.59 Å². The zero-order valence-electron chi connectivity index (χ0n) is 11.3. The summed E-state index contributed by atoms with van der Waals surface area (Å²) in [5.41, 5.74) is 0. The summed E-state index contributed by atoms with van der Waals surface area (Å²) in [6.07, 6.45) is -2.01. The minimum atomic E-state index is -4.90. The van der Waals surface area contributed by atoms with Gasteiger partial charge in [0.1, 0.15) is 0 Å². The van der Waals surface area contributed by atoms with E-state index in [2.05, 4.69) is 4.74 Å². The Bertz CT molecular complexity index is 292. The van der Waals surface area contributed by atoms with E-state index in [9.17, 15) is 22.8 Å². The fraction of sp³-hybridized carbons (Fsp3) is 0.833. The zero-order chi connectivity index (χ0) is 14.9. The van der Waals surface area contributed by atoms with Gasteiger partial charge >= 0.3 is 18.1 Å². The van der Waals surface area contributed by atoms with Gasteiger partial charge in [-0.25, -0.2) is 0 Å². The predicted molar refractivity (Wildman–Crippen MR) is 63.4 cm³/mol. The lowest BCUT2D eigenvalue weighted by Crippen LogP contribution is -2.42. The van der Waals surface area contributed by atoms with Crippen LogP contribution in [0.5, 0.6) is 0 Å². The summed E-state index contributed by atoms with van der Waals surface area (Å²) in [7, 11) is 1.15. The maximum absolute atomic E-state index is 12.4. The quantitative estimate of drug-likeness (QED) is 0.508. The average Bonchev–Trinajstić information content (AvgIpc) is 2.35. The molecule has 0 aromatic heterocycles. The molecule has 4 nitrogen and oxygen atoms in total. The summed E-state index contributed by atoms with van der Waals surface area (Å²) in [6, 6.07) is 0. The van der Waals surface area contributed by atoms with Crippen molar-refractivity contribution in [2.24, 2.45) is 0 Å². The van der Waals surface area contributed by atoms with Gasteiger partial charge in [0.05, 0.1) is 13.5 Å². The molecule has 7 heteroatoms. The van der Waals surface area contributed by atoms with Gasteiger partial charge in [-0.2, -0.15) is 13.2 Å². The molecule has 0 bridgehead atoms. The Morgan fingerprint density at radius 1 is 1.11 bits per heavy atom. The van der Waals surface area contributed by atoms with Crippen LogP contribution in [0.2, 0.25) is 0 Å². The van der Waals surface area contributed by atoms with Gasteiger partial charge in [0, 0.05) is 13.1 Å². The number of amides is 1. The highest BCUT2D eigenvalue weighted by molar-refractivity contribution is 5.82. The first-order valence-corrected chi connectivity index (χ1v) is 6.25. The minimum Gasteiger partial charge on any atom is -0.469 e. The molecule has 0 aliphatic rings. The Balaban J connectivity index is 4.38. The lowest BCUT2D eigenvalue weighted by atomic mass is 10.2. The smallest absolute Gasteiger partial charge is 0.469 e. The topological polar surface area (TPSA) is 46.6 Å². The van der Waals surface area contributed by atoms with Crippen LogP contribution in [0.25, 0.3) is 0 Å². The number of hydrogen-bond acceptors (Lipinski definition) is 3. The number of halogens is 3. The van der Waals surface area contributed by atoms with Crippen molar-refractivity contribution < 1.29 is 27.5 Å². The minimum absolute atomic E-state index is 0.00926. The van der Waals surface area contributed by atoms with Crippen molar-refractivity contribution in [3.63, 3.8) is 0 Å². The Morgan fingerprint density at radius 3 is 2.21 bits per heavy atom. The summed E-state index contributed by atoms with van der Waals surface area (Å²) in [4.78, 5) is 22.8. The van der Waals surface area contributed by atoms with Crippen molar-refractivity contribution in [2.45, 2.75) is 45.2 Å². The Labute approximate surface area is 110 Å². The Kier molecular flexibility index (Phi) is 8.18. The van der Waals surface area contributed by atoms with E-state index < -0.39 is 18.1 Å². The van der Waals surface area contributed by atoms with Crippen LogP contribution in [0, 0.1) is 0 Å². The largest absolute Gasteiger partial charge is 0.471 e. The Hall–Kier alpha value is -1.27. The monoisotopic (exact) mass is 283 g/mol. The predicted octanol–water partition coefficient (Wildman–Crippen LogP) is 2.52. The number of methoxy groups -OCH3 is 1. The second kappa shape index (κ2) is 8.77. The van der Waals surface area contributed by atoms with Crippen LogP contribution in [0.1, 0.15) is 39.0 Å². The molecule has 0 spiro atoms. The van der Waals surface area contributed by atoms with Crippen molar-refractivity contribution in [2.75, 3.05) is 20.2 Å². The first kappa shape index (κ1) is 17.7. The van der Waals surface area contributed by atoms with Gasteiger partial charge in [-0.1, -0.05) is 26.2 Å². The van der Waals surface area contributed by atoms with Crippen LogP contribution in [0.3, 0.4) is 0 Å². The second-order valence-corrected chi connectivity index (χ2v) is 4.18. The third-order valence-electron chi connectivity index (χ3n) is 2.62. The second-order valence-electron chi connectivity index (χ2n) is 4.18. The van der Waals surface area contributed by atoms with Crippen LogP contribution >= 0.6 is 0 Å². The highest BCUT2D eigenvalue weighted by Crippen LogP contribution is 2.19. The van der Waals surface area contributed by atoms with Crippen LogP contribution in [0.4, 0.5) is 13.2 Å². The van der Waals surface area contributed by atoms with E-state index in [1.54, 1.807) is 0 Å². The molecule has 0 radical (unpaired) electrons. The Morgan fingerprint density at radius 2 is 1.74 bits per heavy atom. The van der Waals surface area contributed by atoms with Gasteiger partial charge in [0.15, 0.2) is 0 Å². The molecule has 19 heavy (non-hydrogen) atoms. The van der Waals surface area contributed by atoms with Gasteiger partial charge in [-0.05, 0) is 6.42 Å². The number of unbranched alkanes of at least 4 members (excludes halogenated alkanes) is 3. The molecule has 0 aromatic carbocycles. The van der Waals surface area contributed by atoms with Crippen molar-refractivity contribution in [3.8, 4) is 0 Å². The molecule has 0 heterocycles. The highest BCUT2D eigenvalue weighted by atomic mass is 19.4. The number of carbonyl (C=O) groups excluding carboxylic acids is 2. The molecule has 1 amide bonds. The number of hydrogen-bond donors (Lipinski definition) is 0. The average molecular weight is 283 g/mol. The van der Waals surface area contributed by atoms with E-state index in [1.165, 1.54) is 0 Å². The summed E-state index contributed by atoms with van der Waals surface area (Å²) in [5, 5.41) is 0. The van der Waals surface area contributed by atoms with Crippen LogP contribution in [-0.2, 0) is 14.3 Å². The first-order valence-electron chi connectivity index (χ1n) is 6.25. The number of esters is 1. The van der Waals surface area contributed by atoms with E-state index in [-0.39, 0.29) is 19.5 Å². The van der Waals surface area contributed by atoms with Crippen LogP contribution < -0.4 is 0 Å². The van der Waals surface area contributed by atoms with Gasteiger partial charge < -0.3 is 9.64 Å². The summed E-state index contributed by atoms with van der Waals surface area (Å²) < 4.78 is 41.5. The van der Waals surface area contributed by atoms with E-state index in [0.29, 0.717) is 11.3 Å². The molecule has 0 rings (SSSR count). The molecule has 0 aliphatic carbocycles. The molecule has 0 N–H and O–H groups in total. The zero-order valence-corrected chi connectivity index (χ0v) is 11.3. The molecule has 0 unspecified atom stereocenters. The third kappa shape index (κ3) is 7.69. The fourth-order valence-corrected chi connectivity index (χ4v) is 1.55. The lowest BCUT2D eigenvalue weighted by Gasteiger charge is -2.23. The number of carbonyl (C=O) groups is 2. The van der Waals surface area contributed by atoms with E-state index in [0.717, 1.165) is 26.4 Å². The SMILES string of the molecule is CCCCCCN(CCC(=O)OC)C(=O)C(F)(F)F. The number of nitrogens with zero attached hydrogens (tertiary/aromatic N) is 1. The third-order valence-corrected chi connectivity index (χ3v) is 2.62. The molecule has 0 aliphatic heterocycles. The summed E-state index contributed by atoms with van der Waals surface area (Å²) in [5.74, 6) is -2.53. The number of ether oxygens (including phenoxy) is 1. The van der Waals surface area contributed by atoms with Crippen molar-refractivity contribution >= 4 is 11.9 Å². The van der Waals surface area contributed by atoms with Gasteiger partial charge in [0.2, 0.25) is 0 Å². The standard InChI is InChI=1S/C12H20F3NO3/c1-3-4-5-6-8-16(9-7-10(17)19-2)11(18)12(13,14)15/h3-9H2,1-2H3. The number of alkyl halides is 3. The molecule has 112 valence electrons. The molecule has 0 atom stereocenters. The fourth-order valence-electron chi connectivity index (χ4n) is 1.55. The van der Waals surface area contributed by atoms with E-state index >= 15 is 0 Å². The molecule has 0 saturated carbocycles. The summed E-state index contributed by atoms with van der Waals surface area (Å²) in [6.45, 7) is 1.72. The van der Waals surface area contributed by atoms with Crippen molar-refractivity contribution in [1.82, 2.24) is 4.90 Å². The molecule has 0 saturated heterocycles. The normalized spacial score (nSPS) is 11.2. The van der Waals surface area contributed by atoms with Crippen LogP contribution in [-0.4, -0.2) is 43.2 Å².